The van der Waals surface area contributed by atoms with Gasteiger partial charge in [-0.05, 0) is 19.3 Å². The van der Waals surface area contributed by atoms with E-state index < -0.39 is 5.97 Å². The van der Waals surface area contributed by atoms with Crippen LogP contribution >= 0.6 is 0 Å². The van der Waals surface area contributed by atoms with Gasteiger partial charge in [-0.3, -0.25) is 9.59 Å². The Morgan fingerprint density at radius 1 is 0.765 bits per heavy atom. The van der Waals surface area contributed by atoms with Crippen molar-refractivity contribution in [3.8, 4) is 0 Å². The van der Waals surface area contributed by atoms with E-state index in [9.17, 15) is 9.59 Å². The molecule has 0 rings (SSSR count). The highest BCUT2D eigenvalue weighted by Crippen LogP contribution is 2.10. The normalized spacial score (nSPS) is 10.4. The molecule has 0 aliphatic carbocycles. The zero-order valence-corrected chi connectivity index (χ0v) is 11.0. The minimum Gasteiger partial charge on any atom is -0.481 e. The molecule has 0 aliphatic heterocycles. The van der Waals surface area contributed by atoms with Crippen molar-refractivity contribution in [2.24, 2.45) is 0 Å². The predicted molar refractivity (Wildman–Crippen MR) is 69.1 cm³/mol. The molecule has 3 nitrogen and oxygen atoms in total. The zero-order chi connectivity index (χ0) is 12.9. The summed E-state index contributed by atoms with van der Waals surface area (Å²) in [6.07, 6.45) is 10.2. The fourth-order valence-corrected chi connectivity index (χ4v) is 1.89. The Bertz CT molecular complexity index is 212. The number of rotatable bonds is 12. The Morgan fingerprint density at radius 2 is 1.24 bits per heavy atom. The van der Waals surface area contributed by atoms with Crippen molar-refractivity contribution in [2.45, 2.75) is 77.6 Å². The van der Waals surface area contributed by atoms with Crippen molar-refractivity contribution in [2.75, 3.05) is 0 Å². The lowest BCUT2D eigenvalue weighted by Crippen LogP contribution is -1.96. The van der Waals surface area contributed by atoms with E-state index in [2.05, 4.69) is 0 Å². The number of carboxylic acids is 1. The highest BCUT2D eigenvalue weighted by molar-refractivity contribution is 5.78. The van der Waals surface area contributed by atoms with E-state index in [1.54, 1.807) is 0 Å². The maximum atomic E-state index is 11.2. The molecule has 3 heteroatoms. The number of unbranched alkanes of at least 4 members (excludes halogenated alkanes) is 6. The highest BCUT2D eigenvalue weighted by Gasteiger charge is 2.00. The summed E-state index contributed by atoms with van der Waals surface area (Å²) in [5.74, 6) is -0.298. The minimum atomic E-state index is -0.695. The molecule has 0 radical (unpaired) electrons. The van der Waals surface area contributed by atoms with Crippen LogP contribution in [-0.4, -0.2) is 16.9 Å². The molecule has 0 aromatic carbocycles. The van der Waals surface area contributed by atoms with Crippen LogP contribution in [0.25, 0.3) is 0 Å². The van der Waals surface area contributed by atoms with Gasteiger partial charge in [0.1, 0.15) is 5.78 Å². The van der Waals surface area contributed by atoms with Crippen molar-refractivity contribution in [1.29, 1.82) is 0 Å². The summed E-state index contributed by atoms with van der Waals surface area (Å²) in [7, 11) is 0. The van der Waals surface area contributed by atoms with Gasteiger partial charge in [0.15, 0.2) is 0 Å². The fraction of sp³-hybridized carbons (Fsp3) is 0.857. The van der Waals surface area contributed by atoms with Gasteiger partial charge >= 0.3 is 5.97 Å². The number of aliphatic carboxylic acids is 1. The number of Topliss-reactive ketones (excluding diaryl/α,β-unsaturated/α-hetero) is 1. The van der Waals surface area contributed by atoms with Crippen molar-refractivity contribution >= 4 is 11.8 Å². The van der Waals surface area contributed by atoms with Crippen LogP contribution in [0, 0.1) is 0 Å². The number of carbonyl (C=O) groups is 2. The zero-order valence-electron chi connectivity index (χ0n) is 11.0. The molecule has 0 unspecified atom stereocenters. The number of ketones is 1. The van der Waals surface area contributed by atoms with Gasteiger partial charge < -0.3 is 5.11 Å². The lowest BCUT2D eigenvalue weighted by Gasteiger charge is -2.01. The number of hydrogen-bond acceptors (Lipinski definition) is 2. The molecule has 1 N–H and O–H groups in total. The summed E-state index contributed by atoms with van der Waals surface area (Å²) in [5.41, 5.74) is 0. The summed E-state index contributed by atoms with van der Waals surface area (Å²) in [6, 6.07) is 0. The molecule has 100 valence electrons. The Morgan fingerprint density at radius 3 is 1.71 bits per heavy atom. The third-order valence-electron chi connectivity index (χ3n) is 2.88. The Hall–Kier alpha value is -0.860. The minimum absolute atomic E-state index is 0.297. The van der Waals surface area contributed by atoms with E-state index in [0.29, 0.717) is 12.2 Å². The second-order valence-corrected chi connectivity index (χ2v) is 4.66. The van der Waals surface area contributed by atoms with E-state index >= 15 is 0 Å². The molecule has 0 saturated heterocycles. The number of carbonyl (C=O) groups excluding carboxylic acids is 1. The van der Waals surface area contributed by atoms with Crippen LogP contribution < -0.4 is 0 Å². The van der Waals surface area contributed by atoms with Gasteiger partial charge in [-0.15, -0.1) is 0 Å². The number of carboxylic acid groups (broad SMARTS) is 1. The summed E-state index contributed by atoms with van der Waals surface area (Å²) in [5, 5.41) is 8.45. The first-order valence-electron chi connectivity index (χ1n) is 6.90. The van der Waals surface area contributed by atoms with Crippen LogP contribution in [0.15, 0.2) is 0 Å². The van der Waals surface area contributed by atoms with E-state index in [1.165, 1.54) is 12.8 Å². The van der Waals surface area contributed by atoms with Crippen molar-refractivity contribution in [1.82, 2.24) is 0 Å². The second-order valence-electron chi connectivity index (χ2n) is 4.66. The summed E-state index contributed by atoms with van der Waals surface area (Å²) in [4.78, 5) is 21.5. The van der Waals surface area contributed by atoms with E-state index in [1.807, 2.05) is 6.92 Å². The first kappa shape index (κ1) is 16.1. The first-order valence-corrected chi connectivity index (χ1v) is 6.90. The first-order chi connectivity index (χ1) is 8.16. The Labute approximate surface area is 105 Å². The summed E-state index contributed by atoms with van der Waals surface area (Å²) < 4.78 is 0. The standard InChI is InChI=1S/C14H26O3/c1-2-10-13(15)11-8-6-4-3-5-7-9-12-14(16)17/h2-12H2,1H3,(H,16,17). The molecule has 17 heavy (non-hydrogen) atoms. The molecule has 0 aliphatic rings. The van der Waals surface area contributed by atoms with Gasteiger partial charge in [-0.2, -0.15) is 0 Å². The Kier molecular flexibility index (Phi) is 11.0. The largest absolute Gasteiger partial charge is 0.481 e. The third-order valence-corrected chi connectivity index (χ3v) is 2.88. The molecule has 0 atom stereocenters. The second kappa shape index (κ2) is 11.6. The SMILES string of the molecule is CCCC(=O)CCCCCCCCCC(=O)O. The monoisotopic (exact) mass is 242 g/mol. The average Bonchev–Trinajstić information content (AvgIpc) is 2.27. The Balaban J connectivity index is 3.08. The quantitative estimate of drug-likeness (QED) is 0.527. The van der Waals surface area contributed by atoms with Crippen molar-refractivity contribution in [3.05, 3.63) is 0 Å². The smallest absolute Gasteiger partial charge is 0.303 e. The third kappa shape index (κ3) is 13.1. The molecule has 0 amide bonds. The molecular weight excluding hydrogens is 216 g/mol. The topological polar surface area (TPSA) is 54.4 Å². The van der Waals surface area contributed by atoms with Crippen LogP contribution in [-0.2, 0) is 9.59 Å². The lowest BCUT2D eigenvalue weighted by molar-refractivity contribution is -0.137. The van der Waals surface area contributed by atoms with Gasteiger partial charge in [0.25, 0.3) is 0 Å². The van der Waals surface area contributed by atoms with Gasteiger partial charge in [-0.25, -0.2) is 0 Å². The predicted octanol–water partition coefficient (Wildman–Crippen LogP) is 3.95. The van der Waals surface area contributed by atoms with Gasteiger partial charge in [0, 0.05) is 19.3 Å². The van der Waals surface area contributed by atoms with Crippen molar-refractivity contribution in [3.63, 3.8) is 0 Å². The molecule has 0 aromatic heterocycles. The summed E-state index contributed by atoms with van der Waals surface area (Å²) in [6.45, 7) is 2.04. The molecular formula is C14H26O3. The van der Waals surface area contributed by atoms with Crippen LogP contribution in [0.4, 0.5) is 0 Å². The highest BCUT2D eigenvalue weighted by atomic mass is 16.4. The fourth-order valence-electron chi connectivity index (χ4n) is 1.89. The van der Waals surface area contributed by atoms with Gasteiger partial charge in [0.2, 0.25) is 0 Å². The van der Waals surface area contributed by atoms with Crippen molar-refractivity contribution < 1.29 is 14.7 Å². The molecule has 0 bridgehead atoms. The van der Waals surface area contributed by atoms with Crippen LogP contribution in [0.2, 0.25) is 0 Å². The molecule has 0 fully saturated rings. The van der Waals surface area contributed by atoms with Crippen LogP contribution in [0.3, 0.4) is 0 Å². The molecule has 0 saturated carbocycles. The van der Waals surface area contributed by atoms with Crippen LogP contribution in [0.1, 0.15) is 77.6 Å². The van der Waals surface area contributed by atoms with E-state index in [0.717, 1.165) is 51.4 Å². The molecule has 0 aromatic rings. The maximum absolute atomic E-state index is 11.2. The average molecular weight is 242 g/mol. The number of hydrogen-bond donors (Lipinski definition) is 1. The molecule has 0 heterocycles. The molecule has 0 spiro atoms. The van der Waals surface area contributed by atoms with Crippen LogP contribution in [0.5, 0.6) is 0 Å². The van der Waals surface area contributed by atoms with E-state index in [4.69, 9.17) is 5.11 Å². The lowest BCUT2D eigenvalue weighted by atomic mass is 10.0. The van der Waals surface area contributed by atoms with Gasteiger partial charge in [0.05, 0.1) is 0 Å². The van der Waals surface area contributed by atoms with E-state index in [-0.39, 0.29) is 0 Å². The summed E-state index contributed by atoms with van der Waals surface area (Å²) >= 11 is 0. The maximum Gasteiger partial charge on any atom is 0.303 e. The van der Waals surface area contributed by atoms with Gasteiger partial charge in [-0.1, -0.05) is 39.0 Å².